The highest BCUT2D eigenvalue weighted by Crippen LogP contribution is 2.28. The number of ether oxygens (including phenoxy) is 2. The van der Waals surface area contributed by atoms with E-state index in [0.29, 0.717) is 22.6 Å². The zero-order valence-corrected chi connectivity index (χ0v) is 16.3. The first kappa shape index (κ1) is 19.7. The molecule has 2 aromatic rings. The van der Waals surface area contributed by atoms with Crippen LogP contribution in [-0.4, -0.2) is 36.4 Å². The highest BCUT2D eigenvalue weighted by atomic mass is 127. The minimum atomic E-state index is -1.07. The van der Waals surface area contributed by atoms with Crippen LogP contribution in [0.15, 0.2) is 47.6 Å². The maximum Gasteiger partial charge on any atom is 0.344 e. The number of carboxylic acids is 1. The number of halogens is 1. The number of carbonyl (C=O) groups is 2. The van der Waals surface area contributed by atoms with Crippen LogP contribution in [0.5, 0.6) is 11.5 Å². The standard InChI is InChI=1S/C18H17IN2O5/c1-11(18(23)24)26-15-7-6-12(8-16(15)25-2)10-20-21-17(22)13-4-3-5-14(19)9-13/h3-11H,1-2H3,(H,21,22)(H,23,24)/b20-10-/t11-/m1/s1. The molecule has 0 aliphatic rings. The van der Waals surface area contributed by atoms with Gasteiger partial charge in [-0.15, -0.1) is 0 Å². The van der Waals surface area contributed by atoms with Crippen LogP contribution >= 0.6 is 22.6 Å². The summed E-state index contributed by atoms with van der Waals surface area (Å²) in [5.41, 5.74) is 3.62. The predicted molar refractivity (Wildman–Crippen MR) is 105 cm³/mol. The number of carboxylic acid groups (broad SMARTS) is 1. The monoisotopic (exact) mass is 468 g/mol. The Bertz CT molecular complexity index is 838. The Hall–Kier alpha value is -2.62. The van der Waals surface area contributed by atoms with E-state index in [-0.39, 0.29) is 5.91 Å². The summed E-state index contributed by atoms with van der Waals surface area (Å²) in [6, 6.07) is 12.0. The van der Waals surface area contributed by atoms with Crippen LogP contribution in [0.25, 0.3) is 0 Å². The summed E-state index contributed by atoms with van der Waals surface area (Å²) in [6.07, 6.45) is 0.454. The quantitative estimate of drug-likeness (QED) is 0.370. The predicted octanol–water partition coefficient (Wildman–Crippen LogP) is 2.92. The molecule has 0 aromatic heterocycles. The highest BCUT2D eigenvalue weighted by molar-refractivity contribution is 14.1. The Morgan fingerprint density at radius 2 is 2.00 bits per heavy atom. The van der Waals surface area contributed by atoms with Crippen molar-refractivity contribution >= 4 is 40.7 Å². The van der Waals surface area contributed by atoms with Crippen LogP contribution in [0, 0.1) is 3.57 Å². The van der Waals surface area contributed by atoms with Gasteiger partial charge >= 0.3 is 5.97 Å². The molecule has 0 saturated heterocycles. The van der Waals surface area contributed by atoms with Crippen LogP contribution in [0.1, 0.15) is 22.8 Å². The molecule has 0 spiro atoms. The van der Waals surface area contributed by atoms with Gasteiger partial charge in [0.25, 0.3) is 5.91 Å². The Morgan fingerprint density at radius 1 is 1.23 bits per heavy atom. The van der Waals surface area contributed by atoms with E-state index >= 15 is 0 Å². The van der Waals surface area contributed by atoms with Gasteiger partial charge in [-0.05, 0) is 71.5 Å². The molecule has 2 N–H and O–H groups in total. The second-order valence-electron chi connectivity index (χ2n) is 5.22. The van der Waals surface area contributed by atoms with Gasteiger partial charge in [0.15, 0.2) is 17.6 Å². The Kier molecular flexibility index (Phi) is 6.96. The summed E-state index contributed by atoms with van der Waals surface area (Å²) < 4.78 is 11.5. The van der Waals surface area contributed by atoms with Crippen molar-refractivity contribution in [2.24, 2.45) is 5.10 Å². The van der Waals surface area contributed by atoms with Crippen molar-refractivity contribution in [2.75, 3.05) is 7.11 Å². The van der Waals surface area contributed by atoms with Gasteiger partial charge in [0.2, 0.25) is 0 Å². The first-order chi connectivity index (χ1) is 12.4. The maximum atomic E-state index is 12.0. The van der Waals surface area contributed by atoms with E-state index in [2.05, 4.69) is 33.1 Å². The fourth-order valence-corrected chi connectivity index (χ4v) is 2.51. The minimum Gasteiger partial charge on any atom is -0.493 e. The largest absolute Gasteiger partial charge is 0.493 e. The minimum absolute atomic E-state index is 0.308. The molecule has 1 amide bonds. The van der Waals surface area contributed by atoms with E-state index in [1.54, 1.807) is 36.4 Å². The van der Waals surface area contributed by atoms with E-state index < -0.39 is 12.1 Å². The molecule has 0 aliphatic heterocycles. The molecule has 0 aliphatic carbocycles. The first-order valence-electron chi connectivity index (χ1n) is 7.57. The van der Waals surface area contributed by atoms with Crippen LogP contribution in [0.4, 0.5) is 0 Å². The third kappa shape index (κ3) is 5.45. The lowest BCUT2D eigenvalue weighted by molar-refractivity contribution is -0.144. The molecule has 0 radical (unpaired) electrons. The van der Waals surface area contributed by atoms with E-state index in [4.69, 9.17) is 14.6 Å². The molecule has 0 unspecified atom stereocenters. The smallest absolute Gasteiger partial charge is 0.344 e. The molecule has 0 bridgehead atoms. The zero-order valence-electron chi connectivity index (χ0n) is 14.1. The number of methoxy groups -OCH3 is 1. The number of hydrogen-bond donors (Lipinski definition) is 2. The maximum absolute atomic E-state index is 12.0. The van der Waals surface area contributed by atoms with Crippen molar-refractivity contribution in [3.05, 3.63) is 57.2 Å². The lowest BCUT2D eigenvalue weighted by Crippen LogP contribution is -2.23. The number of rotatable bonds is 7. The Labute approximate surface area is 164 Å². The molecule has 0 heterocycles. The van der Waals surface area contributed by atoms with E-state index in [1.807, 2.05) is 6.07 Å². The third-order valence-electron chi connectivity index (χ3n) is 3.31. The van der Waals surface area contributed by atoms with Crippen molar-refractivity contribution in [3.8, 4) is 11.5 Å². The molecule has 8 heteroatoms. The van der Waals surface area contributed by atoms with Crippen LogP contribution in [0.2, 0.25) is 0 Å². The molecular formula is C18H17IN2O5. The summed E-state index contributed by atoms with van der Waals surface area (Å²) in [5.74, 6) is -0.716. The fraction of sp³-hybridized carbons (Fsp3) is 0.167. The summed E-state index contributed by atoms with van der Waals surface area (Å²) >= 11 is 2.13. The van der Waals surface area contributed by atoms with Crippen LogP contribution in [-0.2, 0) is 4.79 Å². The Morgan fingerprint density at radius 3 is 2.65 bits per heavy atom. The molecule has 0 saturated carbocycles. The molecule has 26 heavy (non-hydrogen) atoms. The van der Waals surface area contributed by atoms with Gasteiger partial charge < -0.3 is 14.6 Å². The number of amides is 1. The van der Waals surface area contributed by atoms with Crippen molar-refractivity contribution in [2.45, 2.75) is 13.0 Å². The summed E-state index contributed by atoms with van der Waals surface area (Å²) in [7, 11) is 1.45. The van der Waals surface area contributed by atoms with Gasteiger partial charge in [-0.2, -0.15) is 5.10 Å². The van der Waals surface area contributed by atoms with Gasteiger partial charge in [-0.25, -0.2) is 10.2 Å². The van der Waals surface area contributed by atoms with Gasteiger partial charge in [0.1, 0.15) is 0 Å². The molecule has 7 nitrogen and oxygen atoms in total. The van der Waals surface area contributed by atoms with Gasteiger partial charge in [0, 0.05) is 9.13 Å². The van der Waals surface area contributed by atoms with Crippen molar-refractivity contribution in [1.82, 2.24) is 5.43 Å². The fourth-order valence-electron chi connectivity index (χ4n) is 1.96. The topological polar surface area (TPSA) is 97.2 Å². The van der Waals surface area contributed by atoms with Crippen molar-refractivity contribution in [3.63, 3.8) is 0 Å². The summed E-state index contributed by atoms with van der Waals surface area (Å²) in [4.78, 5) is 22.9. The van der Waals surface area contributed by atoms with E-state index in [9.17, 15) is 9.59 Å². The van der Waals surface area contributed by atoms with Crippen molar-refractivity contribution < 1.29 is 24.2 Å². The molecule has 2 rings (SSSR count). The molecule has 1 atom stereocenters. The highest BCUT2D eigenvalue weighted by Gasteiger charge is 2.15. The van der Waals surface area contributed by atoms with E-state index in [0.717, 1.165) is 3.57 Å². The number of nitrogens with zero attached hydrogens (tertiary/aromatic N) is 1. The number of hydrogen-bond acceptors (Lipinski definition) is 5. The molecular weight excluding hydrogens is 451 g/mol. The van der Waals surface area contributed by atoms with E-state index in [1.165, 1.54) is 20.2 Å². The van der Waals surface area contributed by atoms with Gasteiger partial charge in [-0.3, -0.25) is 4.79 Å². The lowest BCUT2D eigenvalue weighted by atomic mass is 10.2. The average Bonchev–Trinajstić information content (AvgIpc) is 2.62. The number of aliphatic carboxylic acids is 1. The van der Waals surface area contributed by atoms with Gasteiger partial charge in [-0.1, -0.05) is 6.07 Å². The Balaban J connectivity index is 2.06. The van der Waals surface area contributed by atoms with Crippen LogP contribution < -0.4 is 14.9 Å². The van der Waals surface area contributed by atoms with Crippen molar-refractivity contribution in [1.29, 1.82) is 0 Å². The van der Waals surface area contributed by atoms with Crippen LogP contribution in [0.3, 0.4) is 0 Å². The summed E-state index contributed by atoms with van der Waals surface area (Å²) in [6.45, 7) is 1.43. The number of benzene rings is 2. The summed E-state index contributed by atoms with van der Waals surface area (Å²) in [5, 5.41) is 12.8. The van der Waals surface area contributed by atoms with Gasteiger partial charge in [0.05, 0.1) is 13.3 Å². The third-order valence-corrected chi connectivity index (χ3v) is 3.98. The number of nitrogens with one attached hydrogen (secondary N) is 1. The average molecular weight is 468 g/mol. The zero-order chi connectivity index (χ0) is 19.1. The first-order valence-corrected chi connectivity index (χ1v) is 8.65. The second-order valence-corrected chi connectivity index (χ2v) is 6.46. The SMILES string of the molecule is COc1cc(/C=N\NC(=O)c2cccc(I)c2)ccc1O[C@H](C)C(=O)O. The number of carbonyl (C=O) groups excluding carboxylic acids is 1. The lowest BCUT2D eigenvalue weighted by Gasteiger charge is -2.14. The second kappa shape index (κ2) is 9.18. The molecule has 0 fully saturated rings. The molecule has 2 aromatic carbocycles. The molecule has 136 valence electrons. The normalized spacial score (nSPS) is 11.8. The number of hydrazone groups is 1.